The summed E-state index contributed by atoms with van der Waals surface area (Å²) < 4.78 is 7.42. The molecule has 2 aliphatic rings. The fourth-order valence-corrected chi connectivity index (χ4v) is 14.9. The summed E-state index contributed by atoms with van der Waals surface area (Å²) >= 11 is 0. The van der Waals surface area contributed by atoms with Crippen molar-refractivity contribution in [1.82, 2.24) is 0 Å². The lowest BCUT2D eigenvalue weighted by Gasteiger charge is -2.53. The highest BCUT2D eigenvalue weighted by Gasteiger charge is 2.56. The molecule has 0 aromatic heterocycles. The van der Waals surface area contributed by atoms with Crippen molar-refractivity contribution < 1.29 is 4.74 Å². The summed E-state index contributed by atoms with van der Waals surface area (Å²) in [6.07, 6.45) is 8.05. The lowest BCUT2D eigenvalue weighted by Crippen LogP contribution is -2.46. The van der Waals surface area contributed by atoms with Gasteiger partial charge >= 0.3 is 0 Å². The summed E-state index contributed by atoms with van der Waals surface area (Å²) in [6.45, 7) is 4.73. The third-order valence-corrected chi connectivity index (χ3v) is 15.9. The molecule has 0 saturated heterocycles. The van der Waals surface area contributed by atoms with Crippen molar-refractivity contribution in [3.8, 4) is 5.75 Å². The van der Waals surface area contributed by atoms with E-state index in [0.29, 0.717) is 0 Å². The first-order chi connectivity index (χ1) is 21.7. The van der Waals surface area contributed by atoms with Crippen LogP contribution in [-0.4, -0.2) is 4.90 Å². The van der Waals surface area contributed by atoms with Crippen molar-refractivity contribution in [2.24, 2.45) is 0 Å². The Hall–Kier alpha value is -3.76. The maximum atomic E-state index is 7.42. The maximum absolute atomic E-state index is 7.42. The SMILES string of the molecule is CCC1(CC)C2=C(Oc3ccccc31)C(P(c1ccccc1)c1ccccc1)(P(c1ccccc1)c1ccccc1)C=CC2. The predicted octanol–water partition coefficient (Wildman–Crippen LogP) is 9.31. The van der Waals surface area contributed by atoms with E-state index in [-0.39, 0.29) is 5.41 Å². The summed E-state index contributed by atoms with van der Waals surface area (Å²) in [7, 11) is -1.93. The molecular formula is C41H38OP2. The highest BCUT2D eigenvalue weighted by atomic mass is 31.2. The Morgan fingerprint density at radius 1 is 0.545 bits per heavy atom. The number of para-hydroxylation sites is 1. The normalized spacial score (nSPS) is 16.4. The second-order valence-corrected chi connectivity index (χ2v) is 16.7. The molecule has 0 fully saturated rings. The van der Waals surface area contributed by atoms with E-state index in [1.165, 1.54) is 38.1 Å². The fourth-order valence-electron chi connectivity index (χ4n) is 7.41. The van der Waals surface area contributed by atoms with E-state index in [2.05, 4.69) is 172 Å². The third-order valence-electron chi connectivity index (χ3n) is 9.42. The minimum atomic E-state index is -0.965. The van der Waals surface area contributed by atoms with Gasteiger partial charge in [-0.1, -0.05) is 166 Å². The average Bonchev–Trinajstić information content (AvgIpc) is 3.10. The molecule has 5 aromatic rings. The van der Waals surface area contributed by atoms with Crippen LogP contribution in [0.1, 0.15) is 38.7 Å². The fraction of sp³-hybridized carbons (Fsp3) is 0.171. The number of allylic oxidation sites excluding steroid dienone is 3. The molecule has 1 aliphatic heterocycles. The number of hydrogen-bond donors (Lipinski definition) is 0. The lowest BCUT2D eigenvalue weighted by atomic mass is 9.66. The summed E-state index contributed by atoms with van der Waals surface area (Å²) in [5.41, 5.74) is 2.71. The van der Waals surface area contributed by atoms with Gasteiger partial charge in [0.05, 0.1) is 0 Å². The quantitative estimate of drug-likeness (QED) is 0.126. The predicted molar refractivity (Wildman–Crippen MR) is 191 cm³/mol. The van der Waals surface area contributed by atoms with Gasteiger partial charge in [-0.05, 0) is 68.0 Å². The highest BCUT2D eigenvalue weighted by molar-refractivity contribution is 7.91. The zero-order chi connectivity index (χ0) is 30.0. The summed E-state index contributed by atoms with van der Waals surface area (Å²) in [5, 5.41) is 5.47. The van der Waals surface area contributed by atoms with Crippen molar-refractivity contribution in [2.75, 3.05) is 0 Å². The molecule has 44 heavy (non-hydrogen) atoms. The first kappa shape index (κ1) is 29.0. The lowest BCUT2D eigenvalue weighted by molar-refractivity contribution is 0.318. The smallest absolute Gasteiger partial charge is 0.131 e. The Morgan fingerprint density at radius 2 is 0.955 bits per heavy atom. The van der Waals surface area contributed by atoms with E-state index in [0.717, 1.165) is 25.0 Å². The Balaban J connectivity index is 1.64. The van der Waals surface area contributed by atoms with Crippen molar-refractivity contribution in [3.63, 3.8) is 0 Å². The van der Waals surface area contributed by atoms with Gasteiger partial charge in [0.1, 0.15) is 16.4 Å². The van der Waals surface area contributed by atoms with Crippen LogP contribution in [0.15, 0.2) is 169 Å². The molecule has 0 N–H and O–H groups in total. The molecule has 0 saturated carbocycles. The van der Waals surface area contributed by atoms with E-state index in [1.807, 2.05) is 0 Å². The van der Waals surface area contributed by atoms with Crippen LogP contribution in [0, 0.1) is 0 Å². The molecule has 0 spiro atoms. The van der Waals surface area contributed by atoms with Gasteiger partial charge in [0.2, 0.25) is 0 Å². The number of hydrogen-bond acceptors (Lipinski definition) is 1. The molecule has 1 nitrogen and oxygen atoms in total. The highest BCUT2D eigenvalue weighted by Crippen LogP contribution is 2.72. The van der Waals surface area contributed by atoms with Crippen LogP contribution in [0.2, 0.25) is 0 Å². The van der Waals surface area contributed by atoms with Gasteiger partial charge in [0, 0.05) is 11.0 Å². The largest absolute Gasteiger partial charge is 0.460 e. The van der Waals surface area contributed by atoms with Crippen molar-refractivity contribution in [1.29, 1.82) is 0 Å². The maximum Gasteiger partial charge on any atom is 0.131 e. The van der Waals surface area contributed by atoms with Crippen molar-refractivity contribution in [3.05, 3.63) is 175 Å². The zero-order valence-electron chi connectivity index (χ0n) is 25.4. The topological polar surface area (TPSA) is 9.23 Å². The van der Waals surface area contributed by atoms with Gasteiger partial charge in [0.15, 0.2) is 0 Å². The first-order valence-corrected chi connectivity index (χ1v) is 18.4. The molecule has 5 aromatic carbocycles. The Kier molecular flexibility index (Phi) is 8.12. The average molecular weight is 609 g/mol. The molecule has 0 atom stereocenters. The van der Waals surface area contributed by atoms with Crippen LogP contribution in [-0.2, 0) is 5.41 Å². The summed E-state index contributed by atoms with van der Waals surface area (Å²) in [4.78, 5) is -0.424. The Labute approximate surface area is 264 Å². The first-order valence-electron chi connectivity index (χ1n) is 15.7. The van der Waals surface area contributed by atoms with E-state index < -0.39 is 20.7 Å². The van der Waals surface area contributed by atoms with Crippen molar-refractivity contribution >= 4 is 37.1 Å². The number of rotatable bonds is 8. The molecule has 1 aliphatic carbocycles. The van der Waals surface area contributed by atoms with Gasteiger partial charge in [-0.25, -0.2) is 0 Å². The molecular weight excluding hydrogens is 570 g/mol. The monoisotopic (exact) mass is 608 g/mol. The van der Waals surface area contributed by atoms with Gasteiger partial charge < -0.3 is 4.74 Å². The van der Waals surface area contributed by atoms with E-state index in [1.54, 1.807) is 0 Å². The van der Waals surface area contributed by atoms with Gasteiger partial charge in [-0.3, -0.25) is 0 Å². The molecule has 1 heterocycles. The van der Waals surface area contributed by atoms with Gasteiger partial charge in [-0.15, -0.1) is 0 Å². The van der Waals surface area contributed by atoms with E-state index in [4.69, 9.17) is 4.74 Å². The van der Waals surface area contributed by atoms with Gasteiger partial charge in [-0.2, -0.15) is 0 Å². The molecule has 0 unspecified atom stereocenters. The third kappa shape index (κ3) is 4.70. The van der Waals surface area contributed by atoms with E-state index in [9.17, 15) is 0 Å². The van der Waals surface area contributed by atoms with E-state index >= 15 is 0 Å². The Bertz CT molecular complexity index is 1610. The summed E-state index contributed by atoms with van der Waals surface area (Å²) in [5.74, 6) is 2.20. The number of benzene rings is 5. The Morgan fingerprint density at radius 3 is 1.39 bits per heavy atom. The van der Waals surface area contributed by atoms with Crippen LogP contribution < -0.4 is 26.0 Å². The second kappa shape index (κ2) is 12.3. The van der Waals surface area contributed by atoms with Crippen LogP contribution in [0.4, 0.5) is 0 Å². The number of ether oxygens (including phenoxy) is 1. The van der Waals surface area contributed by atoms with Crippen LogP contribution >= 0.6 is 15.8 Å². The van der Waals surface area contributed by atoms with Crippen LogP contribution in [0.3, 0.4) is 0 Å². The van der Waals surface area contributed by atoms with Crippen LogP contribution in [0.25, 0.3) is 0 Å². The molecule has 0 bridgehead atoms. The molecule has 0 amide bonds. The zero-order valence-corrected chi connectivity index (χ0v) is 27.2. The molecule has 218 valence electrons. The minimum Gasteiger partial charge on any atom is -0.460 e. The summed E-state index contributed by atoms with van der Waals surface area (Å²) in [6, 6.07) is 53.8. The van der Waals surface area contributed by atoms with Crippen LogP contribution in [0.5, 0.6) is 5.75 Å². The molecule has 7 rings (SSSR count). The number of fused-ring (bicyclic) bond motifs is 1. The van der Waals surface area contributed by atoms with Crippen molar-refractivity contribution in [2.45, 2.75) is 43.4 Å². The van der Waals surface area contributed by atoms with Gasteiger partial charge in [0.25, 0.3) is 0 Å². The standard InChI is InChI=1S/C41H38OP2/c1-3-40(4-2)36-28-17-18-30-38(36)42-39-37(40)29-19-31-41(39,43(32-20-9-5-10-21-32)33-22-11-6-12-23-33)44(34-24-13-7-14-25-34)35-26-15-8-16-27-35/h5-28,30-31H,3-4,29H2,1-2H3. The molecule has 0 radical (unpaired) electrons. The second-order valence-electron chi connectivity index (χ2n) is 11.5. The minimum absolute atomic E-state index is 0.0804. The molecule has 3 heteroatoms.